The molecular formula is C18H24N2O3. The van der Waals surface area contributed by atoms with Gasteiger partial charge < -0.3 is 14.5 Å². The Hall–Kier alpha value is -2.04. The Kier molecular flexibility index (Phi) is 3.82. The van der Waals surface area contributed by atoms with Crippen molar-refractivity contribution < 1.29 is 14.3 Å². The SMILES string of the molecule is CCN(CC)C(=O)[C@H]1C(=O)N(C)[C@@]2(C)C[C@@H]1c1ccccc1O2. The van der Waals surface area contributed by atoms with Crippen LogP contribution in [0.4, 0.5) is 0 Å². The second-order valence-electron chi connectivity index (χ2n) is 6.51. The zero-order valence-electron chi connectivity index (χ0n) is 14.2. The molecule has 23 heavy (non-hydrogen) atoms. The van der Waals surface area contributed by atoms with Gasteiger partial charge in [-0.1, -0.05) is 18.2 Å². The van der Waals surface area contributed by atoms with Gasteiger partial charge in [0.2, 0.25) is 11.8 Å². The molecule has 1 saturated heterocycles. The van der Waals surface area contributed by atoms with E-state index >= 15 is 0 Å². The lowest BCUT2D eigenvalue weighted by atomic mass is 9.73. The van der Waals surface area contributed by atoms with Crippen molar-refractivity contribution in [2.45, 2.75) is 38.8 Å². The van der Waals surface area contributed by atoms with Gasteiger partial charge in [0.05, 0.1) is 0 Å². The number of nitrogens with zero attached hydrogens (tertiary/aromatic N) is 2. The number of likely N-dealkylation sites (tertiary alicyclic amines) is 1. The summed E-state index contributed by atoms with van der Waals surface area (Å²) in [6.07, 6.45) is 0.643. The molecule has 5 nitrogen and oxygen atoms in total. The molecule has 0 aliphatic carbocycles. The van der Waals surface area contributed by atoms with E-state index in [9.17, 15) is 9.59 Å². The van der Waals surface area contributed by atoms with E-state index in [0.717, 1.165) is 11.3 Å². The Labute approximate surface area is 137 Å². The van der Waals surface area contributed by atoms with Crippen LogP contribution in [0.25, 0.3) is 0 Å². The highest BCUT2D eigenvalue weighted by Crippen LogP contribution is 2.49. The van der Waals surface area contributed by atoms with Gasteiger partial charge in [-0.15, -0.1) is 0 Å². The van der Waals surface area contributed by atoms with Crippen molar-refractivity contribution in [3.05, 3.63) is 29.8 Å². The molecule has 1 fully saturated rings. The summed E-state index contributed by atoms with van der Waals surface area (Å²) in [5.74, 6) is -0.214. The number of fused-ring (bicyclic) bond motifs is 4. The summed E-state index contributed by atoms with van der Waals surface area (Å²) in [4.78, 5) is 29.2. The van der Waals surface area contributed by atoms with E-state index in [1.54, 1.807) is 16.8 Å². The predicted molar refractivity (Wildman–Crippen MR) is 87.0 cm³/mol. The maximum absolute atomic E-state index is 13.0. The minimum absolute atomic E-state index is 0.0735. The van der Waals surface area contributed by atoms with Crippen LogP contribution in [0, 0.1) is 5.92 Å². The Morgan fingerprint density at radius 3 is 2.65 bits per heavy atom. The van der Waals surface area contributed by atoms with Crippen LogP contribution in [0.3, 0.4) is 0 Å². The fourth-order valence-electron chi connectivity index (χ4n) is 3.80. The first kappa shape index (κ1) is 15.8. The smallest absolute Gasteiger partial charge is 0.238 e. The van der Waals surface area contributed by atoms with Gasteiger partial charge in [-0.05, 0) is 32.4 Å². The third kappa shape index (κ3) is 2.30. The Bertz CT molecular complexity index is 641. The molecule has 124 valence electrons. The molecule has 3 atom stereocenters. The number of rotatable bonds is 3. The van der Waals surface area contributed by atoms with Gasteiger partial charge in [-0.3, -0.25) is 9.59 Å². The zero-order chi connectivity index (χ0) is 16.8. The molecule has 0 saturated carbocycles. The highest BCUT2D eigenvalue weighted by Gasteiger charge is 2.55. The topological polar surface area (TPSA) is 49.9 Å². The second-order valence-corrected chi connectivity index (χ2v) is 6.51. The number of ether oxygens (including phenoxy) is 1. The van der Waals surface area contributed by atoms with Crippen LogP contribution in [0.2, 0.25) is 0 Å². The average molecular weight is 316 g/mol. The van der Waals surface area contributed by atoms with E-state index in [-0.39, 0.29) is 17.7 Å². The first-order valence-corrected chi connectivity index (χ1v) is 8.27. The van der Waals surface area contributed by atoms with Gasteiger partial charge in [-0.2, -0.15) is 0 Å². The number of benzene rings is 1. The van der Waals surface area contributed by atoms with E-state index in [2.05, 4.69) is 0 Å². The van der Waals surface area contributed by atoms with Crippen LogP contribution in [0.5, 0.6) is 5.75 Å². The molecule has 0 N–H and O–H groups in total. The third-order valence-corrected chi connectivity index (χ3v) is 5.30. The Balaban J connectivity index is 2.08. The van der Waals surface area contributed by atoms with E-state index in [1.807, 2.05) is 45.0 Å². The summed E-state index contributed by atoms with van der Waals surface area (Å²) in [7, 11) is 1.73. The fraction of sp³-hybridized carbons (Fsp3) is 0.556. The Morgan fingerprint density at radius 1 is 1.35 bits per heavy atom. The van der Waals surface area contributed by atoms with Gasteiger partial charge >= 0.3 is 0 Å². The first-order valence-electron chi connectivity index (χ1n) is 8.27. The minimum atomic E-state index is -0.684. The summed E-state index contributed by atoms with van der Waals surface area (Å²) in [6.45, 7) is 7.04. The van der Waals surface area contributed by atoms with Crippen LogP contribution in [-0.2, 0) is 9.59 Å². The molecule has 3 rings (SSSR count). The average Bonchev–Trinajstić information content (AvgIpc) is 2.54. The van der Waals surface area contributed by atoms with Gasteiger partial charge in [0.25, 0.3) is 0 Å². The lowest BCUT2D eigenvalue weighted by Gasteiger charge is -2.52. The third-order valence-electron chi connectivity index (χ3n) is 5.30. The molecule has 2 bridgehead atoms. The molecular weight excluding hydrogens is 292 g/mol. The molecule has 0 unspecified atom stereocenters. The highest BCUT2D eigenvalue weighted by atomic mass is 16.5. The molecule has 5 heteroatoms. The van der Waals surface area contributed by atoms with Gasteiger partial charge in [-0.25, -0.2) is 0 Å². The van der Waals surface area contributed by atoms with Crippen molar-refractivity contribution in [2.75, 3.05) is 20.1 Å². The van der Waals surface area contributed by atoms with Crippen LogP contribution in [0.15, 0.2) is 24.3 Å². The summed E-state index contributed by atoms with van der Waals surface area (Å²) < 4.78 is 6.09. The minimum Gasteiger partial charge on any atom is -0.468 e. The van der Waals surface area contributed by atoms with Crippen molar-refractivity contribution in [2.24, 2.45) is 5.92 Å². The molecule has 2 aliphatic rings. The normalized spacial score (nSPS) is 28.9. The van der Waals surface area contributed by atoms with E-state index in [1.165, 1.54) is 0 Å². The zero-order valence-corrected chi connectivity index (χ0v) is 14.2. The molecule has 1 aromatic rings. The Morgan fingerprint density at radius 2 is 2.00 bits per heavy atom. The van der Waals surface area contributed by atoms with Crippen LogP contribution < -0.4 is 4.74 Å². The molecule has 1 aromatic carbocycles. The predicted octanol–water partition coefficient (Wildman–Crippen LogP) is 2.23. The lowest BCUT2D eigenvalue weighted by molar-refractivity contribution is -0.174. The van der Waals surface area contributed by atoms with E-state index < -0.39 is 11.6 Å². The van der Waals surface area contributed by atoms with Crippen molar-refractivity contribution in [3.8, 4) is 5.75 Å². The number of amides is 2. The molecule has 2 aliphatic heterocycles. The van der Waals surface area contributed by atoms with Crippen LogP contribution in [-0.4, -0.2) is 47.5 Å². The maximum Gasteiger partial charge on any atom is 0.238 e. The fourth-order valence-corrected chi connectivity index (χ4v) is 3.80. The maximum atomic E-state index is 13.0. The van der Waals surface area contributed by atoms with Crippen LogP contribution >= 0.6 is 0 Å². The van der Waals surface area contributed by atoms with E-state index in [4.69, 9.17) is 4.74 Å². The standard InChI is InChI=1S/C18H24N2O3/c1-5-20(6-2)17(22)15-13-11-18(3,19(4)16(15)21)23-14-10-8-7-9-12(13)14/h7-10,13,15H,5-6,11H2,1-4H3/t13-,15-,18-/m1/s1. The number of carbonyl (C=O) groups is 2. The van der Waals surface area contributed by atoms with Crippen molar-refractivity contribution in [3.63, 3.8) is 0 Å². The van der Waals surface area contributed by atoms with Crippen molar-refractivity contribution in [1.29, 1.82) is 0 Å². The first-order chi connectivity index (χ1) is 10.9. The molecule has 0 spiro atoms. The van der Waals surface area contributed by atoms with Crippen molar-refractivity contribution >= 4 is 11.8 Å². The van der Waals surface area contributed by atoms with Gasteiger partial charge in [0.1, 0.15) is 11.7 Å². The largest absolute Gasteiger partial charge is 0.468 e. The monoisotopic (exact) mass is 316 g/mol. The number of hydrogen-bond donors (Lipinski definition) is 0. The summed E-state index contributed by atoms with van der Waals surface area (Å²) in [6, 6.07) is 7.75. The molecule has 0 radical (unpaired) electrons. The quantitative estimate of drug-likeness (QED) is 0.804. The van der Waals surface area contributed by atoms with Gasteiger partial charge in [0.15, 0.2) is 5.72 Å². The summed E-state index contributed by atoms with van der Waals surface area (Å²) in [5, 5.41) is 0. The summed E-state index contributed by atoms with van der Waals surface area (Å²) >= 11 is 0. The molecule has 2 heterocycles. The number of piperidine rings is 1. The number of para-hydroxylation sites is 1. The highest BCUT2D eigenvalue weighted by molar-refractivity contribution is 6.02. The molecule has 0 aromatic heterocycles. The lowest BCUT2D eigenvalue weighted by Crippen LogP contribution is -2.63. The van der Waals surface area contributed by atoms with Gasteiger partial charge in [0, 0.05) is 32.5 Å². The van der Waals surface area contributed by atoms with E-state index in [0.29, 0.717) is 19.5 Å². The van der Waals surface area contributed by atoms with Crippen molar-refractivity contribution in [1.82, 2.24) is 9.80 Å². The summed E-state index contributed by atoms with van der Waals surface area (Å²) in [5.41, 5.74) is 0.285. The van der Waals surface area contributed by atoms with Crippen LogP contribution in [0.1, 0.15) is 38.7 Å². The molecule has 2 amide bonds. The number of hydrogen-bond acceptors (Lipinski definition) is 3. The second kappa shape index (κ2) is 5.55. The number of carbonyl (C=O) groups excluding carboxylic acids is 2.